The van der Waals surface area contributed by atoms with E-state index >= 15 is 0 Å². The van der Waals surface area contributed by atoms with E-state index in [9.17, 15) is 0 Å². The van der Waals surface area contributed by atoms with Gasteiger partial charge in [0.2, 0.25) is 17.8 Å². The van der Waals surface area contributed by atoms with Crippen molar-refractivity contribution in [2.75, 3.05) is 42.3 Å². The van der Waals surface area contributed by atoms with Crippen LogP contribution in [0.2, 0.25) is 0 Å². The lowest BCUT2D eigenvalue weighted by Crippen LogP contribution is -2.31. The molecule has 1 N–H and O–H groups in total. The van der Waals surface area contributed by atoms with Gasteiger partial charge in [0.15, 0.2) is 0 Å². The first-order valence-electron chi connectivity index (χ1n) is 8.11. The van der Waals surface area contributed by atoms with Crippen molar-refractivity contribution in [2.24, 2.45) is 5.92 Å². The Morgan fingerprint density at radius 1 is 1.05 bits per heavy atom. The maximum atomic E-state index is 4.67. The van der Waals surface area contributed by atoms with Crippen molar-refractivity contribution >= 4 is 17.8 Å². The lowest BCUT2D eigenvalue weighted by Gasteiger charge is -2.24. The second kappa shape index (κ2) is 6.03. The third-order valence-electron chi connectivity index (χ3n) is 3.94. The van der Waals surface area contributed by atoms with E-state index in [-0.39, 0.29) is 0 Å². The second-order valence-electron chi connectivity index (χ2n) is 6.41. The van der Waals surface area contributed by atoms with Crippen molar-refractivity contribution in [1.82, 2.24) is 15.0 Å². The zero-order valence-corrected chi connectivity index (χ0v) is 13.3. The number of anilines is 3. The van der Waals surface area contributed by atoms with Crippen molar-refractivity contribution in [3.05, 3.63) is 0 Å². The van der Waals surface area contributed by atoms with Crippen LogP contribution in [0.4, 0.5) is 17.8 Å². The Hall–Kier alpha value is -1.59. The maximum absolute atomic E-state index is 4.67. The van der Waals surface area contributed by atoms with Gasteiger partial charge < -0.3 is 15.1 Å². The number of rotatable bonds is 8. The third-order valence-corrected chi connectivity index (χ3v) is 3.94. The molecule has 21 heavy (non-hydrogen) atoms. The molecule has 2 aliphatic rings. The summed E-state index contributed by atoms with van der Waals surface area (Å²) in [7, 11) is 3.95. The molecule has 1 heterocycles. The van der Waals surface area contributed by atoms with E-state index in [1.165, 1.54) is 25.7 Å². The molecule has 0 aromatic carbocycles. The van der Waals surface area contributed by atoms with Crippen LogP contribution < -0.4 is 15.1 Å². The van der Waals surface area contributed by atoms with Gasteiger partial charge in [-0.05, 0) is 38.0 Å². The monoisotopic (exact) mass is 290 g/mol. The molecule has 0 spiro atoms. The van der Waals surface area contributed by atoms with Crippen LogP contribution >= 0.6 is 0 Å². The Morgan fingerprint density at radius 3 is 2.33 bits per heavy atom. The Labute approximate surface area is 127 Å². The van der Waals surface area contributed by atoms with Gasteiger partial charge in [0, 0.05) is 33.2 Å². The van der Waals surface area contributed by atoms with Crippen molar-refractivity contribution in [3.8, 4) is 0 Å². The van der Waals surface area contributed by atoms with Crippen LogP contribution in [0.5, 0.6) is 0 Å². The molecule has 0 atom stereocenters. The molecule has 0 saturated heterocycles. The minimum atomic E-state index is 0.641. The van der Waals surface area contributed by atoms with Crippen molar-refractivity contribution < 1.29 is 0 Å². The Morgan fingerprint density at radius 2 is 1.76 bits per heavy atom. The van der Waals surface area contributed by atoms with Gasteiger partial charge in [0.25, 0.3) is 0 Å². The fourth-order valence-electron chi connectivity index (χ4n) is 2.36. The molecular weight excluding hydrogens is 264 g/mol. The summed E-state index contributed by atoms with van der Waals surface area (Å²) in [5.41, 5.74) is 0. The van der Waals surface area contributed by atoms with E-state index in [2.05, 4.69) is 32.1 Å². The SMILES string of the molecule is CCCNc1nc(N(C)C)nc(N(CC2CC2)C2CC2)n1. The molecule has 2 fully saturated rings. The normalized spacial score (nSPS) is 17.7. The molecule has 116 valence electrons. The lowest BCUT2D eigenvalue weighted by molar-refractivity contribution is 0.693. The highest BCUT2D eigenvalue weighted by atomic mass is 15.4. The first-order valence-corrected chi connectivity index (χ1v) is 8.11. The molecule has 6 nitrogen and oxygen atoms in total. The van der Waals surface area contributed by atoms with Gasteiger partial charge in [-0.1, -0.05) is 6.92 Å². The predicted octanol–water partition coefficient (Wildman–Crippen LogP) is 2.14. The molecule has 1 aromatic heterocycles. The predicted molar refractivity (Wildman–Crippen MR) is 86.0 cm³/mol. The topological polar surface area (TPSA) is 57.2 Å². The molecule has 2 aliphatic carbocycles. The number of nitrogens with zero attached hydrogens (tertiary/aromatic N) is 5. The van der Waals surface area contributed by atoms with Crippen molar-refractivity contribution in [3.63, 3.8) is 0 Å². The number of hydrogen-bond acceptors (Lipinski definition) is 6. The Bertz CT molecular complexity index is 481. The van der Waals surface area contributed by atoms with Crippen LogP contribution in [0, 0.1) is 5.92 Å². The molecule has 0 aliphatic heterocycles. The largest absolute Gasteiger partial charge is 0.354 e. The summed E-state index contributed by atoms with van der Waals surface area (Å²) in [6, 6.07) is 0.641. The first kappa shape index (κ1) is 14.4. The summed E-state index contributed by atoms with van der Waals surface area (Å²) in [6.07, 6.45) is 6.32. The zero-order chi connectivity index (χ0) is 14.8. The van der Waals surface area contributed by atoms with Crippen LogP contribution in [0.3, 0.4) is 0 Å². The Balaban J connectivity index is 1.84. The van der Waals surface area contributed by atoms with Gasteiger partial charge in [-0.2, -0.15) is 15.0 Å². The summed E-state index contributed by atoms with van der Waals surface area (Å²) >= 11 is 0. The quantitative estimate of drug-likeness (QED) is 0.791. The van der Waals surface area contributed by atoms with Crippen molar-refractivity contribution in [2.45, 2.75) is 45.1 Å². The van der Waals surface area contributed by atoms with Gasteiger partial charge in [-0.3, -0.25) is 0 Å². The maximum Gasteiger partial charge on any atom is 0.232 e. The van der Waals surface area contributed by atoms with E-state index in [4.69, 9.17) is 0 Å². The number of hydrogen-bond donors (Lipinski definition) is 1. The Kier molecular flexibility index (Phi) is 4.12. The summed E-state index contributed by atoms with van der Waals surface area (Å²) in [5, 5.41) is 3.30. The van der Waals surface area contributed by atoms with Crippen molar-refractivity contribution in [1.29, 1.82) is 0 Å². The first-order chi connectivity index (χ1) is 10.2. The zero-order valence-electron chi connectivity index (χ0n) is 13.3. The van der Waals surface area contributed by atoms with E-state index in [1.54, 1.807) is 0 Å². The average Bonchev–Trinajstić information content (AvgIpc) is 3.35. The van der Waals surface area contributed by atoms with Crippen LogP contribution in [0.15, 0.2) is 0 Å². The summed E-state index contributed by atoms with van der Waals surface area (Å²) in [6.45, 7) is 4.14. The highest BCUT2D eigenvalue weighted by Crippen LogP contribution is 2.36. The molecule has 0 amide bonds. The van der Waals surface area contributed by atoms with Crippen LogP contribution in [0.1, 0.15) is 39.0 Å². The smallest absolute Gasteiger partial charge is 0.232 e. The van der Waals surface area contributed by atoms with Crippen LogP contribution in [0.25, 0.3) is 0 Å². The van der Waals surface area contributed by atoms with E-state index in [0.29, 0.717) is 12.0 Å². The minimum Gasteiger partial charge on any atom is -0.354 e. The van der Waals surface area contributed by atoms with Gasteiger partial charge >= 0.3 is 0 Å². The molecule has 0 unspecified atom stereocenters. The van der Waals surface area contributed by atoms with Gasteiger partial charge in [-0.25, -0.2) is 0 Å². The fourth-order valence-corrected chi connectivity index (χ4v) is 2.36. The summed E-state index contributed by atoms with van der Waals surface area (Å²) < 4.78 is 0. The molecule has 0 radical (unpaired) electrons. The molecule has 0 bridgehead atoms. The molecular formula is C15H26N6. The van der Waals surface area contributed by atoms with E-state index < -0.39 is 0 Å². The van der Waals surface area contributed by atoms with Gasteiger partial charge in [0.05, 0.1) is 0 Å². The number of nitrogens with one attached hydrogen (secondary N) is 1. The van der Waals surface area contributed by atoms with E-state index in [1.807, 2.05) is 19.0 Å². The second-order valence-corrected chi connectivity index (χ2v) is 6.41. The van der Waals surface area contributed by atoms with E-state index in [0.717, 1.165) is 37.3 Å². The molecule has 1 aromatic rings. The minimum absolute atomic E-state index is 0.641. The molecule has 3 rings (SSSR count). The summed E-state index contributed by atoms with van der Waals surface area (Å²) in [4.78, 5) is 18.2. The highest BCUT2D eigenvalue weighted by Gasteiger charge is 2.35. The van der Waals surface area contributed by atoms with Gasteiger partial charge in [-0.15, -0.1) is 0 Å². The fraction of sp³-hybridized carbons (Fsp3) is 0.800. The highest BCUT2D eigenvalue weighted by molar-refractivity contribution is 5.46. The average molecular weight is 290 g/mol. The molecule has 2 saturated carbocycles. The summed E-state index contributed by atoms with van der Waals surface area (Å²) in [5.74, 6) is 3.13. The molecule has 6 heteroatoms. The lowest BCUT2D eigenvalue weighted by atomic mass is 10.3. The number of aromatic nitrogens is 3. The standard InChI is InChI=1S/C15H26N6/c1-4-9-16-13-17-14(20(2)3)19-15(18-13)21(12-7-8-12)10-11-5-6-11/h11-12H,4-10H2,1-3H3,(H,16,17,18,19). The third kappa shape index (κ3) is 3.74. The van der Waals surface area contributed by atoms with Crippen LogP contribution in [-0.2, 0) is 0 Å². The van der Waals surface area contributed by atoms with Gasteiger partial charge in [0.1, 0.15) is 0 Å². The van der Waals surface area contributed by atoms with Crippen LogP contribution in [-0.4, -0.2) is 48.2 Å².